The lowest BCUT2D eigenvalue weighted by molar-refractivity contribution is -0.144. The van der Waals surface area contributed by atoms with E-state index in [1.807, 2.05) is 36.9 Å². The second-order valence-corrected chi connectivity index (χ2v) is 5.94. The molecule has 0 bridgehead atoms. The molecule has 1 aliphatic heterocycles. The minimum atomic E-state index is -0.773. The molecule has 2 N–H and O–H groups in total. The Balaban J connectivity index is 2.19. The Bertz CT molecular complexity index is 446. The molecule has 0 amide bonds. The van der Waals surface area contributed by atoms with Crippen LogP contribution < -0.4 is 0 Å². The normalized spacial score (nSPS) is 25.0. The maximum Gasteiger partial charge on any atom is 0.321 e. The zero-order chi connectivity index (χ0) is 14.7. The molecule has 0 spiro atoms. The van der Waals surface area contributed by atoms with E-state index in [9.17, 15) is 15.0 Å². The van der Waals surface area contributed by atoms with E-state index in [4.69, 9.17) is 0 Å². The number of rotatable bonds is 5. The van der Waals surface area contributed by atoms with Crippen molar-refractivity contribution >= 4 is 5.97 Å². The summed E-state index contributed by atoms with van der Waals surface area (Å²) in [5.74, 6) is -0.397. The number of aliphatic hydroxyl groups is 1. The maximum absolute atomic E-state index is 11.5. The minimum Gasteiger partial charge on any atom is -0.480 e. The fraction of sp³-hybridized carbons (Fsp3) is 0.562. The van der Waals surface area contributed by atoms with E-state index in [1.54, 1.807) is 0 Å². The van der Waals surface area contributed by atoms with E-state index < -0.39 is 12.0 Å². The molecule has 1 aromatic rings. The van der Waals surface area contributed by atoms with E-state index in [0.29, 0.717) is 13.1 Å². The first-order chi connectivity index (χ1) is 9.54. The van der Waals surface area contributed by atoms with Gasteiger partial charge in [0.25, 0.3) is 0 Å². The number of hydrogen-bond donors (Lipinski definition) is 2. The Hall–Kier alpha value is -1.39. The number of aliphatic carboxylic acids is 1. The van der Waals surface area contributed by atoms with E-state index in [-0.39, 0.29) is 24.4 Å². The van der Waals surface area contributed by atoms with Crippen LogP contribution in [0.3, 0.4) is 0 Å². The average molecular weight is 277 g/mol. The van der Waals surface area contributed by atoms with Crippen LogP contribution in [0.4, 0.5) is 0 Å². The van der Waals surface area contributed by atoms with E-state index in [2.05, 4.69) is 12.1 Å². The number of aliphatic hydroxyl groups excluding tert-OH is 1. The van der Waals surface area contributed by atoms with Crippen molar-refractivity contribution in [3.05, 3.63) is 35.9 Å². The summed E-state index contributed by atoms with van der Waals surface area (Å²) in [6, 6.07) is 9.59. The molecular formula is C16H23NO3. The third kappa shape index (κ3) is 3.02. The summed E-state index contributed by atoms with van der Waals surface area (Å²) in [5.41, 5.74) is 1.18. The molecule has 1 aliphatic rings. The Morgan fingerprint density at radius 2 is 1.95 bits per heavy atom. The molecule has 4 heteroatoms. The highest BCUT2D eigenvalue weighted by Gasteiger charge is 2.39. The van der Waals surface area contributed by atoms with Crippen molar-refractivity contribution in [2.45, 2.75) is 25.8 Å². The predicted molar refractivity (Wildman–Crippen MR) is 77.6 cm³/mol. The van der Waals surface area contributed by atoms with Gasteiger partial charge < -0.3 is 10.2 Å². The Morgan fingerprint density at radius 1 is 1.30 bits per heavy atom. The van der Waals surface area contributed by atoms with Crippen molar-refractivity contribution in [3.63, 3.8) is 0 Å². The van der Waals surface area contributed by atoms with Gasteiger partial charge in [0, 0.05) is 31.5 Å². The van der Waals surface area contributed by atoms with Gasteiger partial charge in [-0.3, -0.25) is 9.69 Å². The van der Waals surface area contributed by atoms with Crippen molar-refractivity contribution in [2.24, 2.45) is 11.8 Å². The summed E-state index contributed by atoms with van der Waals surface area (Å²) in [5, 5.41) is 19.0. The van der Waals surface area contributed by atoms with Crippen LogP contribution in [0.5, 0.6) is 0 Å². The van der Waals surface area contributed by atoms with Gasteiger partial charge in [0.05, 0.1) is 0 Å². The zero-order valence-corrected chi connectivity index (χ0v) is 12.1. The monoisotopic (exact) mass is 277 g/mol. The van der Waals surface area contributed by atoms with Crippen LogP contribution in [-0.4, -0.2) is 46.8 Å². The van der Waals surface area contributed by atoms with Gasteiger partial charge in [0.2, 0.25) is 0 Å². The molecular weight excluding hydrogens is 254 g/mol. The van der Waals surface area contributed by atoms with Gasteiger partial charge >= 0.3 is 5.97 Å². The van der Waals surface area contributed by atoms with Crippen molar-refractivity contribution in [3.8, 4) is 0 Å². The molecule has 0 aliphatic carbocycles. The van der Waals surface area contributed by atoms with Gasteiger partial charge in [0.1, 0.15) is 6.04 Å². The van der Waals surface area contributed by atoms with Crippen molar-refractivity contribution in [2.75, 3.05) is 19.7 Å². The van der Waals surface area contributed by atoms with E-state index in [0.717, 1.165) is 0 Å². The quantitative estimate of drug-likeness (QED) is 0.861. The lowest BCUT2D eigenvalue weighted by atomic mass is 9.90. The molecule has 2 rings (SSSR count). The van der Waals surface area contributed by atoms with Gasteiger partial charge in [-0.25, -0.2) is 0 Å². The molecule has 20 heavy (non-hydrogen) atoms. The van der Waals surface area contributed by atoms with Crippen LogP contribution in [0.25, 0.3) is 0 Å². The molecule has 4 nitrogen and oxygen atoms in total. The van der Waals surface area contributed by atoms with Crippen molar-refractivity contribution < 1.29 is 15.0 Å². The highest BCUT2D eigenvalue weighted by Crippen LogP contribution is 2.34. The van der Waals surface area contributed by atoms with Crippen LogP contribution in [0.15, 0.2) is 30.3 Å². The molecule has 1 fully saturated rings. The number of hydrogen-bond acceptors (Lipinski definition) is 3. The van der Waals surface area contributed by atoms with Crippen LogP contribution in [0.1, 0.15) is 25.3 Å². The van der Waals surface area contributed by atoms with Crippen molar-refractivity contribution in [1.29, 1.82) is 0 Å². The summed E-state index contributed by atoms with van der Waals surface area (Å²) in [6.45, 7) is 5.31. The van der Waals surface area contributed by atoms with Gasteiger partial charge in [0.15, 0.2) is 0 Å². The molecule has 1 aromatic carbocycles. The Kier molecular flexibility index (Phi) is 4.78. The van der Waals surface area contributed by atoms with Gasteiger partial charge in [-0.15, -0.1) is 0 Å². The number of benzene rings is 1. The topological polar surface area (TPSA) is 60.8 Å². The van der Waals surface area contributed by atoms with Gasteiger partial charge in [-0.05, 0) is 11.5 Å². The average Bonchev–Trinajstić information content (AvgIpc) is 2.82. The lowest BCUT2D eigenvalue weighted by Gasteiger charge is -2.27. The predicted octanol–water partition coefficient (Wildman–Crippen LogP) is 1.80. The first-order valence-electron chi connectivity index (χ1n) is 7.17. The second kappa shape index (κ2) is 6.37. The summed E-state index contributed by atoms with van der Waals surface area (Å²) in [6.07, 6.45) is 0. The lowest BCUT2D eigenvalue weighted by Crippen LogP contribution is -2.43. The zero-order valence-electron chi connectivity index (χ0n) is 12.1. The number of nitrogens with zero attached hydrogens (tertiary/aromatic N) is 1. The summed E-state index contributed by atoms with van der Waals surface area (Å²) in [4.78, 5) is 13.5. The molecule has 110 valence electrons. The standard InChI is InChI=1S/C16H23NO3/c1-11(2)15(16(19)20)17-8-13(10-18)14(9-17)12-6-4-3-5-7-12/h3-7,11,13-15,18H,8-10H2,1-2H3,(H,19,20). The van der Waals surface area contributed by atoms with E-state index >= 15 is 0 Å². The molecule has 1 saturated heterocycles. The highest BCUT2D eigenvalue weighted by atomic mass is 16.4. The fourth-order valence-electron chi connectivity index (χ4n) is 3.26. The van der Waals surface area contributed by atoms with Crippen LogP contribution in [0.2, 0.25) is 0 Å². The second-order valence-electron chi connectivity index (χ2n) is 5.94. The van der Waals surface area contributed by atoms with Crippen LogP contribution in [0, 0.1) is 11.8 Å². The highest BCUT2D eigenvalue weighted by molar-refractivity contribution is 5.73. The molecule has 0 saturated carbocycles. The Labute approximate surface area is 120 Å². The largest absolute Gasteiger partial charge is 0.480 e. The van der Waals surface area contributed by atoms with Gasteiger partial charge in [-0.1, -0.05) is 44.2 Å². The third-order valence-electron chi connectivity index (χ3n) is 4.21. The number of carbonyl (C=O) groups is 1. The Morgan fingerprint density at radius 3 is 2.45 bits per heavy atom. The maximum atomic E-state index is 11.5. The summed E-state index contributed by atoms with van der Waals surface area (Å²) in [7, 11) is 0. The van der Waals surface area contributed by atoms with E-state index in [1.165, 1.54) is 5.56 Å². The number of carboxylic acid groups (broad SMARTS) is 1. The van der Waals surface area contributed by atoms with Crippen molar-refractivity contribution in [1.82, 2.24) is 4.90 Å². The minimum absolute atomic E-state index is 0.0568. The molecule has 0 aromatic heterocycles. The molecule has 0 radical (unpaired) electrons. The van der Waals surface area contributed by atoms with Gasteiger partial charge in [-0.2, -0.15) is 0 Å². The number of likely N-dealkylation sites (tertiary alicyclic amines) is 1. The van der Waals surface area contributed by atoms with Crippen LogP contribution >= 0.6 is 0 Å². The first-order valence-corrected chi connectivity index (χ1v) is 7.17. The van der Waals surface area contributed by atoms with Crippen LogP contribution in [-0.2, 0) is 4.79 Å². The summed E-state index contributed by atoms with van der Waals surface area (Å²) < 4.78 is 0. The molecule has 3 unspecified atom stereocenters. The fourth-order valence-corrected chi connectivity index (χ4v) is 3.26. The third-order valence-corrected chi connectivity index (χ3v) is 4.21. The first kappa shape index (κ1) is 15.0. The SMILES string of the molecule is CC(C)C(C(=O)O)N1CC(CO)C(c2ccccc2)C1. The number of carboxylic acids is 1. The summed E-state index contributed by atoms with van der Waals surface area (Å²) >= 11 is 0. The molecule has 3 atom stereocenters. The smallest absolute Gasteiger partial charge is 0.321 e. The molecule has 1 heterocycles.